The van der Waals surface area contributed by atoms with Gasteiger partial charge in [0.05, 0.1) is 25.7 Å². The molecule has 1 aliphatic rings. The van der Waals surface area contributed by atoms with E-state index in [0.29, 0.717) is 17.6 Å². The van der Waals surface area contributed by atoms with Crippen molar-refractivity contribution in [2.75, 3.05) is 18.9 Å². The molecule has 0 aliphatic heterocycles. The number of aryl methyl sites for hydroxylation is 2. The van der Waals surface area contributed by atoms with Gasteiger partial charge >= 0.3 is 15.6 Å². The Morgan fingerprint density at radius 3 is 2.02 bits per heavy atom. The van der Waals surface area contributed by atoms with E-state index in [2.05, 4.69) is 15.0 Å². The van der Waals surface area contributed by atoms with Gasteiger partial charge in [0, 0.05) is 12.0 Å². The summed E-state index contributed by atoms with van der Waals surface area (Å²) in [5.74, 6) is -0.316. The standard InChI is InChI=1S/C25H29N5O8P2/c1-16-3-7-19(8-4-16)37-39(31,32)35-13-18-11-23(30-15-28-22-12-27-25(26)29-24(22)30)21(18)14-36-40(33,34)38-20-9-5-17(2)6-10-20/h3-10,12,15,18,21,23H,11,13-14H2,1-2H3,(H,31,32)(H,33,34)(H2,26,27,29)/t18-,21+,23-/m1/s1. The second-order valence-corrected chi connectivity index (χ2v) is 12.4. The van der Waals surface area contributed by atoms with Gasteiger partial charge in [0.1, 0.15) is 17.0 Å². The number of rotatable bonds is 11. The van der Waals surface area contributed by atoms with Gasteiger partial charge in [-0.15, -0.1) is 0 Å². The van der Waals surface area contributed by atoms with Crippen molar-refractivity contribution in [3.8, 4) is 11.5 Å². The third-order valence-electron chi connectivity index (χ3n) is 6.70. The molecule has 1 saturated carbocycles. The molecule has 0 bridgehead atoms. The Balaban J connectivity index is 1.30. The normalized spacial score (nSPS) is 21.8. The zero-order valence-electron chi connectivity index (χ0n) is 21.7. The molecule has 0 amide bonds. The number of benzene rings is 2. The van der Waals surface area contributed by atoms with Gasteiger partial charge in [-0.2, -0.15) is 4.98 Å². The first-order chi connectivity index (χ1) is 19.0. The van der Waals surface area contributed by atoms with E-state index in [-0.39, 0.29) is 42.6 Å². The Labute approximate surface area is 230 Å². The average Bonchev–Trinajstić information content (AvgIpc) is 3.28. The smallest absolute Gasteiger partial charge is 0.404 e. The van der Waals surface area contributed by atoms with Crippen molar-refractivity contribution in [1.82, 2.24) is 19.5 Å². The predicted octanol–water partition coefficient (Wildman–Crippen LogP) is 4.59. The van der Waals surface area contributed by atoms with Gasteiger partial charge in [-0.25, -0.2) is 19.1 Å². The van der Waals surface area contributed by atoms with E-state index in [1.807, 2.05) is 13.8 Å². The van der Waals surface area contributed by atoms with Crippen LogP contribution in [0, 0.1) is 25.7 Å². The number of phosphoric acid groups is 2. The van der Waals surface area contributed by atoms with Gasteiger partial charge in [0.25, 0.3) is 0 Å². The molecule has 212 valence electrons. The highest BCUT2D eigenvalue weighted by Gasteiger charge is 2.45. The lowest BCUT2D eigenvalue weighted by atomic mass is 9.70. The minimum absolute atomic E-state index is 0.0714. The molecular formula is C25H29N5O8P2. The molecule has 4 aromatic rings. The third-order valence-corrected chi connectivity index (χ3v) is 8.53. The van der Waals surface area contributed by atoms with Crippen molar-refractivity contribution < 1.29 is 37.0 Å². The van der Waals surface area contributed by atoms with Crippen LogP contribution in [0.4, 0.5) is 5.95 Å². The fraction of sp³-hybridized carbons (Fsp3) is 0.320. The van der Waals surface area contributed by atoms with Crippen LogP contribution in [-0.2, 0) is 18.2 Å². The summed E-state index contributed by atoms with van der Waals surface area (Å²) in [4.78, 5) is 33.2. The van der Waals surface area contributed by atoms with Gasteiger partial charge in [0.2, 0.25) is 5.95 Å². The maximum Gasteiger partial charge on any atom is 0.527 e. The number of imidazole rings is 1. The van der Waals surface area contributed by atoms with Crippen molar-refractivity contribution in [3.05, 3.63) is 72.2 Å². The molecule has 2 heterocycles. The van der Waals surface area contributed by atoms with Crippen LogP contribution in [-0.4, -0.2) is 42.5 Å². The van der Waals surface area contributed by atoms with Crippen LogP contribution in [0.15, 0.2) is 61.1 Å². The molecule has 2 aromatic carbocycles. The zero-order chi connectivity index (χ0) is 28.5. The van der Waals surface area contributed by atoms with E-state index in [0.717, 1.165) is 11.1 Å². The van der Waals surface area contributed by atoms with Crippen LogP contribution >= 0.6 is 15.6 Å². The fourth-order valence-corrected chi connectivity index (χ4v) is 6.13. The van der Waals surface area contributed by atoms with E-state index in [1.54, 1.807) is 59.4 Å². The highest BCUT2D eigenvalue weighted by atomic mass is 31.2. The second kappa shape index (κ2) is 11.3. The summed E-state index contributed by atoms with van der Waals surface area (Å²) in [6.07, 6.45) is 3.55. The molecule has 40 heavy (non-hydrogen) atoms. The fourth-order valence-electron chi connectivity index (χ4n) is 4.51. The summed E-state index contributed by atoms with van der Waals surface area (Å²) < 4.78 is 48.2. The van der Waals surface area contributed by atoms with E-state index in [9.17, 15) is 18.9 Å². The first-order valence-electron chi connectivity index (χ1n) is 12.4. The molecule has 2 aromatic heterocycles. The van der Waals surface area contributed by atoms with Gasteiger partial charge in [-0.3, -0.25) is 18.8 Å². The highest BCUT2D eigenvalue weighted by molar-refractivity contribution is 7.48. The van der Waals surface area contributed by atoms with Crippen LogP contribution in [0.3, 0.4) is 0 Å². The van der Waals surface area contributed by atoms with Gasteiger partial charge in [0.15, 0.2) is 5.65 Å². The van der Waals surface area contributed by atoms with Crippen LogP contribution in [0.2, 0.25) is 0 Å². The molecular weight excluding hydrogens is 560 g/mol. The van der Waals surface area contributed by atoms with E-state index in [4.69, 9.17) is 23.8 Å². The Hall–Kier alpha value is -3.31. The van der Waals surface area contributed by atoms with Crippen molar-refractivity contribution in [3.63, 3.8) is 0 Å². The summed E-state index contributed by atoms with van der Waals surface area (Å²) in [6.45, 7) is 3.39. The number of phosphoric ester groups is 2. The average molecular weight is 589 g/mol. The Bertz CT molecular complexity index is 1580. The Kier molecular flexibility index (Phi) is 7.96. The number of anilines is 1. The van der Waals surface area contributed by atoms with Crippen molar-refractivity contribution in [2.45, 2.75) is 26.3 Å². The second-order valence-electron chi connectivity index (χ2n) is 9.65. The quantitative estimate of drug-likeness (QED) is 0.207. The molecule has 0 saturated heterocycles. The molecule has 13 nitrogen and oxygen atoms in total. The molecule has 2 unspecified atom stereocenters. The largest absolute Gasteiger partial charge is 0.527 e. The van der Waals surface area contributed by atoms with Crippen molar-refractivity contribution >= 4 is 32.8 Å². The lowest BCUT2D eigenvalue weighted by molar-refractivity contribution is -0.00444. The Morgan fingerprint density at radius 1 is 0.900 bits per heavy atom. The molecule has 1 fully saturated rings. The molecule has 15 heteroatoms. The first-order valence-corrected chi connectivity index (χ1v) is 15.4. The molecule has 1 aliphatic carbocycles. The SMILES string of the molecule is Cc1ccc(OP(=O)(O)OC[C@H]2C[C@@H](n3cnc4cnc(N)nc43)[C@H]2COP(=O)(O)Oc2ccc(C)cc2)cc1. The highest BCUT2D eigenvalue weighted by Crippen LogP contribution is 2.52. The lowest BCUT2D eigenvalue weighted by Gasteiger charge is -2.45. The number of hydrogen-bond acceptors (Lipinski definition) is 10. The third kappa shape index (κ3) is 6.69. The topological polar surface area (TPSA) is 181 Å². The molecule has 4 N–H and O–H groups in total. The van der Waals surface area contributed by atoms with Crippen LogP contribution in [0.25, 0.3) is 11.2 Å². The number of nitrogen functional groups attached to an aromatic ring is 1. The van der Waals surface area contributed by atoms with Crippen LogP contribution in [0.1, 0.15) is 23.6 Å². The minimum Gasteiger partial charge on any atom is -0.404 e. The summed E-state index contributed by atoms with van der Waals surface area (Å²) in [5.41, 5.74) is 8.71. The van der Waals surface area contributed by atoms with Gasteiger partial charge < -0.3 is 19.3 Å². The maximum absolute atomic E-state index is 12.7. The number of fused-ring (bicyclic) bond motifs is 1. The monoisotopic (exact) mass is 589 g/mol. The van der Waals surface area contributed by atoms with Crippen LogP contribution in [0.5, 0.6) is 11.5 Å². The molecule has 0 radical (unpaired) electrons. The maximum atomic E-state index is 12.7. The molecule has 0 spiro atoms. The molecule has 5 rings (SSSR count). The predicted molar refractivity (Wildman–Crippen MR) is 146 cm³/mol. The number of nitrogens with two attached hydrogens (primary N) is 1. The van der Waals surface area contributed by atoms with Gasteiger partial charge in [-0.05, 0) is 50.5 Å². The van der Waals surface area contributed by atoms with Gasteiger partial charge in [-0.1, -0.05) is 35.4 Å². The van der Waals surface area contributed by atoms with Crippen molar-refractivity contribution in [2.24, 2.45) is 11.8 Å². The van der Waals surface area contributed by atoms with E-state index < -0.39 is 21.6 Å². The van der Waals surface area contributed by atoms with E-state index >= 15 is 0 Å². The van der Waals surface area contributed by atoms with Crippen molar-refractivity contribution in [1.29, 1.82) is 0 Å². The number of hydrogen-bond donors (Lipinski definition) is 3. The summed E-state index contributed by atoms with van der Waals surface area (Å²) in [7, 11) is -8.93. The summed E-state index contributed by atoms with van der Waals surface area (Å²) in [6, 6.07) is 13.0. The number of nitrogens with zero attached hydrogens (tertiary/aromatic N) is 4. The minimum atomic E-state index is -4.49. The molecule has 5 atom stereocenters. The summed E-state index contributed by atoms with van der Waals surface area (Å²) in [5, 5.41) is 0. The Morgan fingerprint density at radius 2 is 1.45 bits per heavy atom. The zero-order valence-corrected chi connectivity index (χ0v) is 23.5. The van der Waals surface area contributed by atoms with E-state index in [1.165, 1.54) is 6.20 Å². The summed E-state index contributed by atoms with van der Waals surface area (Å²) >= 11 is 0. The first kappa shape index (κ1) is 28.2. The lowest BCUT2D eigenvalue weighted by Crippen LogP contribution is -2.43. The number of aromatic nitrogens is 4. The van der Waals surface area contributed by atoms with Crippen LogP contribution < -0.4 is 14.8 Å².